The first-order valence-corrected chi connectivity index (χ1v) is 6.57. The van der Waals surface area contributed by atoms with Crippen LogP contribution in [0.15, 0.2) is 4.52 Å². The number of nitrogens with zero attached hydrogens (tertiary/aromatic N) is 3. The molecule has 1 N–H and O–H groups in total. The Bertz CT molecular complexity index is 372. The Hall–Kier alpha value is -0.650. The number of aromatic nitrogens is 2. The molecule has 3 rings (SSSR count). The molecule has 5 nitrogen and oxygen atoms in total. The fourth-order valence-electron chi connectivity index (χ4n) is 2.41. The van der Waals surface area contributed by atoms with Crippen LogP contribution in [-0.4, -0.2) is 41.2 Å². The lowest BCUT2D eigenvalue weighted by atomic mass is 10.1. The van der Waals surface area contributed by atoms with Crippen molar-refractivity contribution in [1.82, 2.24) is 20.4 Å². The fraction of sp³-hybridized carbons (Fsp3) is 0.833. The summed E-state index contributed by atoms with van der Waals surface area (Å²) in [6, 6.07) is 0.677. The van der Waals surface area contributed by atoms with Crippen molar-refractivity contribution in [2.45, 2.75) is 44.2 Å². The van der Waals surface area contributed by atoms with Crippen molar-refractivity contribution in [1.29, 1.82) is 0 Å². The van der Waals surface area contributed by atoms with E-state index in [1.807, 2.05) is 7.05 Å². The molecular formula is C12H21ClN4O. The molecule has 2 heterocycles. The number of hydrogen-bond acceptors (Lipinski definition) is 5. The lowest BCUT2D eigenvalue weighted by Crippen LogP contribution is -2.40. The number of hydrogen-bond donors (Lipinski definition) is 1. The number of rotatable bonds is 4. The second-order valence-electron chi connectivity index (χ2n) is 5.16. The number of piperidine rings is 1. The van der Waals surface area contributed by atoms with Crippen LogP contribution in [0.25, 0.3) is 0 Å². The van der Waals surface area contributed by atoms with E-state index in [-0.39, 0.29) is 12.4 Å². The van der Waals surface area contributed by atoms with Crippen LogP contribution in [0.1, 0.15) is 43.3 Å². The van der Waals surface area contributed by atoms with Crippen LogP contribution in [0.3, 0.4) is 0 Å². The van der Waals surface area contributed by atoms with E-state index >= 15 is 0 Å². The molecule has 1 saturated heterocycles. The molecule has 0 atom stereocenters. The van der Waals surface area contributed by atoms with E-state index in [0.717, 1.165) is 31.3 Å². The van der Waals surface area contributed by atoms with Gasteiger partial charge < -0.3 is 9.84 Å². The molecule has 1 aliphatic carbocycles. The Morgan fingerprint density at radius 3 is 2.61 bits per heavy atom. The van der Waals surface area contributed by atoms with Crippen molar-refractivity contribution in [2.24, 2.45) is 0 Å². The third-order valence-corrected chi connectivity index (χ3v) is 3.78. The zero-order valence-electron chi connectivity index (χ0n) is 10.8. The molecule has 0 aromatic carbocycles. The summed E-state index contributed by atoms with van der Waals surface area (Å²) in [6.07, 6.45) is 4.87. The second kappa shape index (κ2) is 5.99. The molecule has 6 heteroatoms. The molecule has 1 aromatic heterocycles. The van der Waals surface area contributed by atoms with Crippen LogP contribution in [0.4, 0.5) is 0 Å². The van der Waals surface area contributed by atoms with Gasteiger partial charge in [0.15, 0.2) is 5.82 Å². The Balaban J connectivity index is 0.00000120. The van der Waals surface area contributed by atoms with Gasteiger partial charge >= 0.3 is 0 Å². The molecule has 2 fully saturated rings. The number of halogens is 1. The molecule has 1 aliphatic heterocycles. The predicted octanol–water partition coefficient (Wildman–Crippen LogP) is 1.55. The highest BCUT2D eigenvalue weighted by molar-refractivity contribution is 5.85. The van der Waals surface area contributed by atoms with Gasteiger partial charge in [0.25, 0.3) is 0 Å². The van der Waals surface area contributed by atoms with E-state index in [1.54, 1.807) is 0 Å². The average Bonchev–Trinajstić information content (AvgIpc) is 3.12. The lowest BCUT2D eigenvalue weighted by molar-refractivity contribution is 0.173. The predicted molar refractivity (Wildman–Crippen MR) is 70.9 cm³/mol. The summed E-state index contributed by atoms with van der Waals surface area (Å²) in [5, 5.41) is 7.39. The minimum atomic E-state index is 0. The van der Waals surface area contributed by atoms with Gasteiger partial charge in [0.1, 0.15) is 0 Å². The quantitative estimate of drug-likeness (QED) is 0.901. The first kappa shape index (κ1) is 13.8. The Morgan fingerprint density at radius 1 is 1.28 bits per heavy atom. The van der Waals surface area contributed by atoms with Crippen molar-refractivity contribution < 1.29 is 4.52 Å². The topological polar surface area (TPSA) is 54.2 Å². The van der Waals surface area contributed by atoms with E-state index in [0.29, 0.717) is 12.0 Å². The molecule has 0 unspecified atom stereocenters. The largest absolute Gasteiger partial charge is 0.338 e. The molecule has 1 aromatic rings. The lowest BCUT2D eigenvalue weighted by Gasteiger charge is -2.30. The minimum absolute atomic E-state index is 0. The number of likely N-dealkylation sites (tertiary alicyclic amines) is 1. The van der Waals surface area contributed by atoms with Crippen molar-refractivity contribution in [3.05, 3.63) is 11.7 Å². The van der Waals surface area contributed by atoms with E-state index < -0.39 is 0 Å². The maximum absolute atomic E-state index is 5.30. The Kier molecular flexibility index (Phi) is 4.59. The van der Waals surface area contributed by atoms with Crippen LogP contribution in [-0.2, 0) is 6.54 Å². The van der Waals surface area contributed by atoms with Gasteiger partial charge in [-0.1, -0.05) is 5.16 Å². The van der Waals surface area contributed by atoms with Crippen molar-refractivity contribution in [2.75, 3.05) is 20.1 Å². The molecular weight excluding hydrogens is 252 g/mol. The SMILES string of the molecule is CNC1CCN(Cc2nc(C3CC3)no2)CC1.Cl. The van der Waals surface area contributed by atoms with E-state index in [2.05, 4.69) is 20.4 Å². The molecule has 102 valence electrons. The molecule has 0 radical (unpaired) electrons. The highest BCUT2D eigenvalue weighted by Crippen LogP contribution is 2.38. The van der Waals surface area contributed by atoms with Gasteiger partial charge in [-0.3, -0.25) is 4.90 Å². The smallest absolute Gasteiger partial charge is 0.240 e. The van der Waals surface area contributed by atoms with Gasteiger partial charge in [-0.15, -0.1) is 12.4 Å². The third-order valence-electron chi connectivity index (χ3n) is 3.78. The monoisotopic (exact) mass is 272 g/mol. The number of nitrogens with one attached hydrogen (secondary N) is 1. The van der Waals surface area contributed by atoms with Gasteiger partial charge in [-0.25, -0.2) is 0 Å². The Morgan fingerprint density at radius 2 is 2.00 bits per heavy atom. The molecule has 18 heavy (non-hydrogen) atoms. The zero-order chi connectivity index (χ0) is 11.7. The van der Waals surface area contributed by atoms with Gasteiger partial charge in [-0.05, 0) is 32.7 Å². The molecule has 2 aliphatic rings. The normalized spacial score (nSPS) is 21.8. The van der Waals surface area contributed by atoms with Crippen LogP contribution < -0.4 is 5.32 Å². The van der Waals surface area contributed by atoms with Crippen LogP contribution >= 0.6 is 12.4 Å². The highest BCUT2D eigenvalue weighted by atomic mass is 35.5. The first-order valence-electron chi connectivity index (χ1n) is 6.57. The summed E-state index contributed by atoms with van der Waals surface area (Å²) in [6.45, 7) is 3.05. The van der Waals surface area contributed by atoms with Crippen LogP contribution in [0.2, 0.25) is 0 Å². The summed E-state index contributed by atoms with van der Waals surface area (Å²) < 4.78 is 5.30. The van der Waals surface area contributed by atoms with E-state index in [1.165, 1.54) is 25.7 Å². The minimum Gasteiger partial charge on any atom is -0.338 e. The first-order chi connectivity index (χ1) is 8.35. The molecule has 0 bridgehead atoms. The maximum Gasteiger partial charge on any atom is 0.240 e. The van der Waals surface area contributed by atoms with Crippen LogP contribution in [0.5, 0.6) is 0 Å². The fourth-order valence-corrected chi connectivity index (χ4v) is 2.41. The van der Waals surface area contributed by atoms with Gasteiger partial charge in [0.2, 0.25) is 5.89 Å². The Labute approximate surface area is 114 Å². The third kappa shape index (κ3) is 3.22. The summed E-state index contributed by atoms with van der Waals surface area (Å²) in [4.78, 5) is 6.87. The van der Waals surface area contributed by atoms with Crippen molar-refractivity contribution in [3.8, 4) is 0 Å². The van der Waals surface area contributed by atoms with Gasteiger partial charge in [0, 0.05) is 25.0 Å². The highest BCUT2D eigenvalue weighted by Gasteiger charge is 2.29. The summed E-state index contributed by atoms with van der Waals surface area (Å²) in [5.74, 6) is 2.29. The maximum atomic E-state index is 5.30. The standard InChI is InChI=1S/C12H20N4O.ClH/c1-13-10-4-6-16(7-5-10)8-11-14-12(15-17-11)9-2-3-9;/h9-10,13H,2-8H2,1H3;1H. The van der Waals surface area contributed by atoms with Crippen LogP contribution in [0, 0.1) is 0 Å². The summed E-state index contributed by atoms with van der Waals surface area (Å²) >= 11 is 0. The van der Waals surface area contributed by atoms with Gasteiger partial charge in [0.05, 0.1) is 6.54 Å². The second-order valence-corrected chi connectivity index (χ2v) is 5.16. The average molecular weight is 273 g/mol. The van der Waals surface area contributed by atoms with Crippen molar-refractivity contribution >= 4 is 12.4 Å². The van der Waals surface area contributed by atoms with E-state index in [9.17, 15) is 0 Å². The zero-order valence-corrected chi connectivity index (χ0v) is 11.6. The molecule has 0 spiro atoms. The van der Waals surface area contributed by atoms with E-state index in [4.69, 9.17) is 4.52 Å². The van der Waals surface area contributed by atoms with Gasteiger partial charge in [-0.2, -0.15) is 4.98 Å². The molecule has 0 amide bonds. The summed E-state index contributed by atoms with van der Waals surface area (Å²) in [5.41, 5.74) is 0. The molecule has 1 saturated carbocycles. The van der Waals surface area contributed by atoms with Crippen molar-refractivity contribution in [3.63, 3.8) is 0 Å². The summed E-state index contributed by atoms with van der Waals surface area (Å²) in [7, 11) is 2.04.